The van der Waals surface area contributed by atoms with Crippen molar-refractivity contribution >= 4 is 5.82 Å². The van der Waals surface area contributed by atoms with Gasteiger partial charge in [-0.25, -0.2) is 0 Å². The van der Waals surface area contributed by atoms with Crippen molar-refractivity contribution in [1.82, 2.24) is 10.2 Å². The van der Waals surface area contributed by atoms with Crippen LogP contribution in [0.1, 0.15) is 30.2 Å². The van der Waals surface area contributed by atoms with Gasteiger partial charge in [-0.15, -0.1) is 5.10 Å². The SMILES string of the molecule is COC1CN(c2nnc(C)c(C)c2C#N)CCC1C. The molecule has 0 N–H and O–H groups in total. The van der Waals surface area contributed by atoms with E-state index < -0.39 is 0 Å². The molecular formula is C14H20N4O. The lowest BCUT2D eigenvalue weighted by atomic mass is 9.95. The van der Waals surface area contributed by atoms with E-state index in [4.69, 9.17) is 4.74 Å². The topological polar surface area (TPSA) is 62.0 Å². The van der Waals surface area contributed by atoms with Gasteiger partial charge in [0.2, 0.25) is 0 Å². The molecule has 5 nitrogen and oxygen atoms in total. The number of hydrogen-bond donors (Lipinski definition) is 0. The van der Waals surface area contributed by atoms with Gasteiger partial charge in [-0.1, -0.05) is 6.92 Å². The molecule has 102 valence electrons. The first-order chi connectivity index (χ1) is 9.08. The minimum absolute atomic E-state index is 0.184. The van der Waals surface area contributed by atoms with Crippen LogP contribution in [0.25, 0.3) is 0 Å². The Hall–Kier alpha value is -1.67. The third kappa shape index (κ3) is 2.54. The molecular weight excluding hydrogens is 240 g/mol. The summed E-state index contributed by atoms with van der Waals surface area (Å²) < 4.78 is 5.51. The third-order valence-corrected chi connectivity index (χ3v) is 4.04. The first kappa shape index (κ1) is 13.8. The van der Waals surface area contributed by atoms with Gasteiger partial charge < -0.3 is 9.64 Å². The molecule has 1 saturated heterocycles. The Morgan fingerprint density at radius 3 is 2.74 bits per heavy atom. The summed E-state index contributed by atoms with van der Waals surface area (Å²) in [5, 5.41) is 17.7. The van der Waals surface area contributed by atoms with Crippen LogP contribution < -0.4 is 4.90 Å². The van der Waals surface area contributed by atoms with E-state index in [-0.39, 0.29) is 6.10 Å². The van der Waals surface area contributed by atoms with E-state index in [0.29, 0.717) is 17.3 Å². The van der Waals surface area contributed by atoms with E-state index in [1.807, 2.05) is 13.8 Å². The number of piperidine rings is 1. The Morgan fingerprint density at radius 2 is 2.11 bits per heavy atom. The highest BCUT2D eigenvalue weighted by atomic mass is 16.5. The number of aryl methyl sites for hydroxylation is 1. The number of rotatable bonds is 2. The molecule has 1 aromatic rings. The quantitative estimate of drug-likeness (QED) is 0.811. The lowest BCUT2D eigenvalue weighted by molar-refractivity contribution is 0.0496. The molecule has 1 aromatic heterocycles. The number of aromatic nitrogens is 2. The number of hydrogen-bond acceptors (Lipinski definition) is 5. The second kappa shape index (κ2) is 5.54. The van der Waals surface area contributed by atoms with Gasteiger partial charge in [-0.3, -0.25) is 0 Å². The van der Waals surface area contributed by atoms with Gasteiger partial charge in [0.05, 0.1) is 11.8 Å². The molecule has 0 aliphatic carbocycles. The van der Waals surface area contributed by atoms with Crippen molar-refractivity contribution in [1.29, 1.82) is 5.26 Å². The smallest absolute Gasteiger partial charge is 0.169 e. The highest BCUT2D eigenvalue weighted by Gasteiger charge is 2.28. The van der Waals surface area contributed by atoms with Crippen LogP contribution in [0.15, 0.2) is 0 Å². The van der Waals surface area contributed by atoms with Crippen LogP contribution in [0.4, 0.5) is 5.82 Å². The van der Waals surface area contributed by atoms with Gasteiger partial charge in [0.1, 0.15) is 11.6 Å². The maximum absolute atomic E-state index is 9.35. The van der Waals surface area contributed by atoms with Crippen LogP contribution in [0.5, 0.6) is 0 Å². The van der Waals surface area contributed by atoms with Crippen molar-refractivity contribution in [2.75, 3.05) is 25.1 Å². The van der Waals surface area contributed by atoms with Gasteiger partial charge in [0, 0.05) is 20.2 Å². The Kier molecular flexibility index (Phi) is 4.01. The molecule has 19 heavy (non-hydrogen) atoms. The van der Waals surface area contributed by atoms with Crippen molar-refractivity contribution in [3.8, 4) is 6.07 Å². The number of methoxy groups -OCH3 is 1. The molecule has 1 aliphatic rings. The number of ether oxygens (including phenoxy) is 1. The minimum atomic E-state index is 0.184. The summed E-state index contributed by atoms with van der Waals surface area (Å²) in [6, 6.07) is 2.26. The highest BCUT2D eigenvalue weighted by molar-refractivity contribution is 5.57. The lowest BCUT2D eigenvalue weighted by Crippen LogP contribution is -2.44. The van der Waals surface area contributed by atoms with E-state index in [2.05, 4.69) is 28.1 Å². The Balaban J connectivity index is 2.33. The fraction of sp³-hybridized carbons (Fsp3) is 0.643. The summed E-state index contributed by atoms with van der Waals surface area (Å²) >= 11 is 0. The standard InChI is InChI=1S/C14H20N4O/c1-9-5-6-18(8-13(9)19-4)14-12(7-15)10(2)11(3)16-17-14/h9,13H,5-6,8H2,1-4H3. The summed E-state index contributed by atoms with van der Waals surface area (Å²) in [7, 11) is 1.74. The molecule has 0 aromatic carbocycles. The zero-order valence-corrected chi connectivity index (χ0v) is 12.0. The van der Waals surface area contributed by atoms with Crippen LogP contribution >= 0.6 is 0 Å². The van der Waals surface area contributed by atoms with E-state index >= 15 is 0 Å². The summed E-state index contributed by atoms with van der Waals surface area (Å²) in [4.78, 5) is 2.12. The molecule has 2 unspecified atom stereocenters. The van der Waals surface area contributed by atoms with Gasteiger partial charge in [-0.05, 0) is 31.7 Å². The van der Waals surface area contributed by atoms with Gasteiger partial charge >= 0.3 is 0 Å². The normalized spacial score (nSPS) is 23.2. The van der Waals surface area contributed by atoms with Crippen LogP contribution in [0, 0.1) is 31.1 Å². The first-order valence-corrected chi connectivity index (χ1v) is 6.60. The lowest BCUT2D eigenvalue weighted by Gasteiger charge is -2.37. The van der Waals surface area contributed by atoms with E-state index in [1.54, 1.807) is 7.11 Å². The molecule has 1 fully saturated rings. The minimum Gasteiger partial charge on any atom is -0.379 e. The second-order valence-corrected chi connectivity index (χ2v) is 5.21. The number of anilines is 1. The Bertz CT molecular complexity index is 509. The van der Waals surface area contributed by atoms with Crippen LogP contribution in [-0.4, -0.2) is 36.5 Å². The van der Waals surface area contributed by atoms with Crippen LogP contribution in [0.2, 0.25) is 0 Å². The largest absolute Gasteiger partial charge is 0.379 e. The average molecular weight is 260 g/mol. The molecule has 0 saturated carbocycles. The molecule has 2 rings (SSSR count). The van der Waals surface area contributed by atoms with E-state index in [1.165, 1.54) is 0 Å². The maximum atomic E-state index is 9.35. The van der Waals surface area contributed by atoms with Crippen molar-refractivity contribution in [2.45, 2.75) is 33.3 Å². The van der Waals surface area contributed by atoms with Crippen LogP contribution in [-0.2, 0) is 4.74 Å². The van der Waals surface area contributed by atoms with Crippen LogP contribution in [0.3, 0.4) is 0 Å². The summed E-state index contributed by atoms with van der Waals surface area (Å²) in [5.74, 6) is 1.23. The summed E-state index contributed by atoms with van der Waals surface area (Å²) in [6.07, 6.45) is 1.22. The van der Waals surface area contributed by atoms with E-state index in [0.717, 1.165) is 30.8 Å². The number of nitrogens with zero attached hydrogens (tertiary/aromatic N) is 4. The van der Waals surface area contributed by atoms with Crippen molar-refractivity contribution < 1.29 is 4.74 Å². The van der Waals surface area contributed by atoms with Gasteiger partial charge in [0.15, 0.2) is 5.82 Å². The summed E-state index contributed by atoms with van der Waals surface area (Å²) in [6.45, 7) is 7.66. The molecule has 0 radical (unpaired) electrons. The molecule has 5 heteroatoms. The zero-order valence-electron chi connectivity index (χ0n) is 12.0. The summed E-state index contributed by atoms with van der Waals surface area (Å²) in [5.41, 5.74) is 2.37. The zero-order chi connectivity index (χ0) is 14.0. The monoisotopic (exact) mass is 260 g/mol. The molecule has 0 bridgehead atoms. The van der Waals surface area contributed by atoms with E-state index in [9.17, 15) is 5.26 Å². The molecule has 0 amide bonds. The Labute approximate surface area is 114 Å². The average Bonchev–Trinajstić information content (AvgIpc) is 2.42. The second-order valence-electron chi connectivity index (χ2n) is 5.21. The number of nitriles is 1. The third-order valence-electron chi connectivity index (χ3n) is 4.04. The van der Waals surface area contributed by atoms with Gasteiger partial charge in [-0.2, -0.15) is 10.4 Å². The van der Waals surface area contributed by atoms with Crippen molar-refractivity contribution in [3.05, 3.63) is 16.8 Å². The molecule has 1 aliphatic heterocycles. The van der Waals surface area contributed by atoms with Gasteiger partial charge in [0.25, 0.3) is 0 Å². The molecule has 2 heterocycles. The first-order valence-electron chi connectivity index (χ1n) is 6.60. The fourth-order valence-corrected chi connectivity index (χ4v) is 2.48. The maximum Gasteiger partial charge on any atom is 0.169 e. The predicted octanol–water partition coefficient (Wildman–Crippen LogP) is 1.83. The Morgan fingerprint density at radius 1 is 1.37 bits per heavy atom. The molecule has 2 atom stereocenters. The van der Waals surface area contributed by atoms with Crippen molar-refractivity contribution in [3.63, 3.8) is 0 Å². The molecule has 0 spiro atoms. The predicted molar refractivity (Wildman–Crippen MR) is 73.0 cm³/mol. The highest BCUT2D eigenvalue weighted by Crippen LogP contribution is 2.27. The fourth-order valence-electron chi connectivity index (χ4n) is 2.48. The van der Waals surface area contributed by atoms with Crippen molar-refractivity contribution in [2.24, 2.45) is 5.92 Å².